The van der Waals surface area contributed by atoms with E-state index >= 15 is 0 Å². The summed E-state index contributed by atoms with van der Waals surface area (Å²) in [7, 11) is 2.17. The van der Waals surface area contributed by atoms with E-state index in [9.17, 15) is 4.79 Å². The number of carbonyl (C=O) groups is 1. The highest BCUT2D eigenvalue weighted by Gasteiger charge is 2.16. The molecule has 6 rings (SSSR count). The van der Waals surface area contributed by atoms with E-state index in [4.69, 9.17) is 9.72 Å². The largest absolute Gasteiger partial charge is 0.457 e. The van der Waals surface area contributed by atoms with Crippen LogP contribution < -0.4 is 10.1 Å². The molecule has 1 amide bonds. The van der Waals surface area contributed by atoms with Crippen molar-refractivity contribution in [3.05, 3.63) is 101 Å². The Morgan fingerprint density at radius 2 is 1.90 bits per heavy atom. The van der Waals surface area contributed by atoms with Gasteiger partial charge in [0.1, 0.15) is 16.3 Å². The Labute approximate surface area is 238 Å². The number of rotatable bonds is 7. The minimum Gasteiger partial charge on any atom is -0.457 e. The molecule has 5 aromatic rings. The maximum Gasteiger partial charge on any atom is 0.255 e. The van der Waals surface area contributed by atoms with Crippen molar-refractivity contribution in [3.63, 3.8) is 0 Å². The fraction of sp³-hybridized carbons (Fsp3) is 0.219. The van der Waals surface area contributed by atoms with E-state index in [-0.39, 0.29) is 5.91 Å². The van der Waals surface area contributed by atoms with Crippen molar-refractivity contribution in [2.75, 3.05) is 38.5 Å². The zero-order valence-corrected chi connectivity index (χ0v) is 23.4. The third-order valence-electron chi connectivity index (χ3n) is 7.27. The fourth-order valence-corrected chi connectivity index (χ4v) is 5.67. The molecule has 7 nitrogen and oxygen atoms in total. The number of piperazine rings is 1. The summed E-state index contributed by atoms with van der Waals surface area (Å²) in [4.78, 5) is 27.9. The average Bonchev–Trinajstić information content (AvgIpc) is 3.46. The number of hydrogen-bond acceptors (Lipinski definition) is 7. The Morgan fingerprint density at radius 1 is 1.02 bits per heavy atom. The van der Waals surface area contributed by atoms with Crippen molar-refractivity contribution in [3.8, 4) is 22.8 Å². The summed E-state index contributed by atoms with van der Waals surface area (Å²) in [6, 6.07) is 21.2. The molecule has 0 atom stereocenters. The number of pyridine rings is 2. The van der Waals surface area contributed by atoms with Gasteiger partial charge in [-0.05, 0) is 79.0 Å². The number of likely N-dealkylation sites (N-methyl/N-ethyl adjacent to an activating group) is 1. The molecule has 0 saturated carbocycles. The van der Waals surface area contributed by atoms with E-state index in [0.717, 1.165) is 59.9 Å². The molecule has 0 spiro atoms. The van der Waals surface area contributed by atoms with Gasteiger partial charge in [-0.25, -0.2) is 4.98 Å². The third kappa shape index (κ3) is 5.89. The lowest BCUT2D eigenvalue weighted by molar-refractivity contribution is 0.102. The predicted octanol–water partition coefficient (Wildman–Crippen LogP) is 6.46. The van der Waals surface area contributed by atoms with E-state index in [0.29, 0.717) is 17.1 Å². The summed E-state index contributed by atoms with van der Waals surface area (Å²) in [5.74, 6) is 1.10. The lowest BCUT2D eigenvalue weighted by Gasteiger charge is -2.32. The number of hydrogen-bond donors (Lipinski definition) is 1. The average molecular weight is 550 g/mol. The van der Waals surface area contributed by atoms with Crippen LogP contribution in [0.1, 0.15) is 21.5 Å². The van der Waals surface area contributed by atoms with Gasteiger partial charge in [0.2, 0.25) is 0 Å². The molecule has 0 bridgehead atoms. The van der Waals surface area contributed by atoms with Crippen LogP contribution in [-0.4, -0.2) is 58.9 Å². The predicted molar refractivity (Wildman–Crippen MR) is 161 cm³/mol. The lowest BCUT2D eigenvalue weighted by atomic mass is 10.1. The molecule has 1 aliphatic heterocycles. The van der Waals surface area contributed by atoms with Crippen LogP contribution in [0.5, 0.6) is 11.5 Å². The summed E-state index contributed by atoms with van der Waals surface area (Å²) >= 11 is 1.56. The van der Waals surface area contributed by atoms with Crippen LogP contribution in [0, 0.1) is 6.92 Å². The van der Waals surface area contributed by atoms with Gasteiger partial charge in [-0.3, -0.25) is 14.7 Å². The molecule has 3 aromatic heterocycles. The lowest BCUT2D eigenvalue weighted by Crippen LogP contribution is -2.43. The van der Waals surface area contributed by atoms with Gasteiger partial charge in [0.25, 0.3) is 5.91 Å². The Morgan fingerprint density at radius 3 is 2.70 bits per heavy atom. The third-order valence-corrected chi connectivity index (χ3v) is 8.08. The summed E-state index contributed by atoms with van der Waals surface area (Å²) in [5, 5.41) is 5.98. The second-order valence-corrected chi connectivity index (χ2v) is 11.1. The monoisotopic (exact) mass is 549 g/mol. The van der Waals surface area contributed by atoms with Gasteiger partial charge < -0.3 is 15.0 Å². The van der Waals surface area contributed by atoms with E-state index in [1.54, 1.807) is 35.9 Å². The van der Waals surface area contributed by atoms with E-state index in [1.165, 1.54) is 11.1 Å². The first kappa shape index (κ1) is 26.1. The number of nitrogens with one attached hydrogen (secondary N) is 1. The Kier molecular flexibility index (Phi) is 7.55. The SMILES string of the molecule is Cc1cc(NC(=O)c2cccc(Oc3cc(-c4cccnc4)nc4sccc34)c2)ccc1CN1CCN(C)CC1. The van der Waals surface area contributed by atoms with Crippen LogP contribution in [0.15, 0.2) is 84.5 Å². The number of fused-ring (bicyclic) bond motifs is 1. The molecule has 1 aliphatic rings. The topological polar surface area (TPSA) is 70.6 Å². The molecule has 8 heteroatoms. The first-order chi connectivity index (χ1) is 19.5. The molecule has 202 valence electrons. The number of nitrogens with zero attached hydrogens (tertiary/aromatic N) is 4. The molecule has 4 heterocycles. The van der Waals surface area contributed by atoms with Gasteiger partial charge in [-0.1, -0.05) is 12.1 Å². The first-order valence-corrected chi connectivity index (χ1v) is 14.3. The molecule has 40 heavy (non-hydrogen) atoms. The van der Waals surface area contributed by atoms with Gasteiger partial charge in [0, 0.05) is 68.0 Å². The van der Waals surface area contributed by atoms with Crippen molar-refractivity contribution >= 4 is 33.1 Å². The minimum atomic E-state index is -0.178. The van der Waals surface area contributed by atoms with Crippen molar-refractivity contribution in [1.82, 2.24) is 19.8 Å². The van der Waals surface area contributed by atoms with Crippen molar-refractivity contribution < 1.29 is 9.53 Å². The number of aromatic nitrogens is 2. The number of aryl methyl sites for hydroxylation is 1. The first-order valence-electron chi connectivity index (χ1n) is 13.4. The molecule has 2 aromatic carbocycles. The van der Waals surface area contributed by atoms with Crippen LogP contribution in [0.3, 0.4) is 0 Å². The molecular weight excluding hydrogens is 518 g/mol. The highest BCUT2D eigenvalue weighted by atomic mass is 32.1. The number of benzene rings is 2. The van der Waals surface area contributed by atoms with E-state index in [1.807, 2.05) is 53.9 Å². The van der Waals surface area contributed by atoms with E-state index < -0.39 is 0 Å². The molecule has 0 aliphatic carbocycles. The van der Waals surface area contributed by atoms with Crippen LogP contribution in [0.2, 0.25) is 0 Å². The highest BCUT2D eigenvalue weighted by molar-refractivity contribution is 7.16. The molecule has 1 fully saturated rings. The van der Waals surface area contributed by atoms with Gasteiger partial charge in [-0.2, -0.15) is 0 Å². The van der Waals surface area contributed by atoms with Gasteiger partial charge in [-0.15, -0.1) is 11.3 Å². The highest BCUT2D eigenvalue weighted by Crippen LogP contribution is 2.35. The van der Waals surface area contributed by atoms with Crippen LogP contribution in [0.4, 0.5) is 5.69 Å². The standard InChI is InChI=1S/C32H31N5O2S/c1-22-17-26(9-8-25(22)21-37-14-12-36(2)13-15-37)34-31(38)23-5-3-7-27(18-23)39-30-19-29(24-6-4-11-33-20-24)35-32-28(30)10-16-40-32/h3-11,16-20H,12-15,21H2,1-2H3,(H,34,38). The number of ether oxygens (including phenoxy) is 1. The van der Waals surface area contributed by atoms with E-state index in [2.05, 4.69) is 40.1 Å². The molecule has 0 radical (unpaired) electrons. The molecule has 0 unspecified atom stereocenters. The van der Waals surface area contributed by atoms with Crippen LogP contribution in [0.25, 0.3) is 21.5 Å². The number of amides is 1. The maximum atomic E-state index is 13.2. The molecule has 1 saturated heterocycles. The fourth-order valence-electron chi connectivity index (χ4n) is 4.89. The Hall–Kier alpha value is -4.11. The number of anilines is 1. The summed E-state index contributed by atoms with van der Waals surface area (Å²) in [6.07, 6.45) is 3.53. The van der Waals surface area contributed by atoms with Crippen molar-refractivity contribution in [2.24, 2.45) is 0 Å². The van der Waals surface area contributed by atoms with Crippen molar-refractivity contribution in [1.29, 1.82) is 0 Å². The van der Waals surface area contributed by atoms with Gasteiger partial charge in [0.15, 0.2) is 0 Å². The second kappa shape index (κ2) is 11.6. The summed E-state index contributed by atoms with van der Waals surface area (Å²) in [6.45, 7) is 7.39. The normalized spacial score (nSPS) is 14.3. The molecule has 1 N–H and O–H groups in total. The molecular formula is C32H31N5O2S. The summed E-state index contributed by atoms with van der Waals surface area (Å²) < 4.78 is 6.33. The number of thiophene rings is 1. The minimum absolute atomic E-state index is 0.178. The Balaban J connectivity index is 1.17. The summed E-state index contributed by atoms with van der Waals surface area (Å²) in [5.41, 5.74) is 5.49. The van der Waals surface area contributed by atoms with Crippen molar-refractivity contribution in [2.45, 2.75) is 13.5 Å². The second-order valence-electron chi connectivity index (χ2n) is 10.2. The van der Waals surface area contributed by atoms with Gasteiger partial charge in [0.05, 0.1) is 11.1 Å². The number of carbonyl (C=O) groups excluding carboxylic acids is 1. The smallest absolute Gasteiger partial charge is 0.255 e. The Bertz CT molecular complexity index is 1640. The van der Waals surface area contributed by atoms with Crippen LogP contribution >= 0.6 is 11.3 Å². The van der Waals surface area contributed by atoms with Gasteiger partial charge >= 0.3 is 0 Å². The van der Waals surface area contributed by atoms with Crippen LogP contribution in [-0.2, 0) is 6.54 Å². The maximum absolute atomic E-state index is 13.2. The zero-order chi connectivity index (χ0) is 27.5. The quantitative estimate of drug-likeness (QED) is 0.251. The zero-order valence-electron chi connectivity index (χ0n) is 22.6.